The highest BCUT2D eigenvalue weighted by atomic mass is 32.2. The van der Waals surface area contributed by atoms with Gasteiger partial charge in [0.15, 0.2) is 5.69 Å². The maximum Gasteiger partial charge on any atom is 0.354 e. The lowest BCUT2D eigenvalue weighted by Gasteiger charge is -2.04. The summed E-state index contributed by atoms with van der Waals surface area (Å²) >= 11 is 0. The number of aromatic carboxylic acids is 1. The summed E-state index contributed by atoms with van der Waals surface area (Å²) in [6.45, 7) is 0. The van der Waals surface area contributed by atoms with Crippen LogP contribution in [0.3, 0.4) is 0 Å². The van der Waals surface area contributed by atoms with Crippen molar-refractivity contribution >= 4 is 27.5 Å². The maximum absolute atomic E-state index is 11.4. The van der Waals surface area contributed by atoms with E-state index in [-0.39, 0.29) is 23.7 Å². The third kappa shape index (κ3) is 4.91. The first kappa shape index (κ1) is 14.1. The number of carbonyl (C=O) groups is 2. The first-order chi connectivity index (χ1) is 8.28. The number of pyridine rings is 1. The van der Waals surface area contributed by atoms with Crippen LogP contribution in [0.2, 0.25) is 0 Å². The normalized spacial score (nSPS) is 10.9. The Kier molecular flexibility index (Phi) is 4.38. The van der Waals surface area contributed by atoms with Gasteiger partial charge in [-0.1, -0.05) is 6.07 Å². The molecular formula is C10H12N2O5S. The van der Waals surface area contributed by atoms with Gasteiger partial charge in [-0.15, -0.1) is 0 Å². The van der Waals surface area contributed by atoms with Crippen molar-refractivity contribution in [1.82, 2.24) is 4.98 Å². The number of sulfone groups is 1. The SMILES string of the molecule is CS(=O)(=O)CCC(=O)Nc1cccc(C(=O)O)n1. The zero-order valence-electron chi connectivity index (χ0n) is 9.58. The molecule has 0 aromatic carbocycles. The van der Waals surface area contributed by atoms with E-state index in [0.29, 0.717) is 0 Å². The highest BCUT2D eigenvalue weighted by Crippen LogP contribution is 2.05. The number of amides is 1. The summed E-state index contributed by atoms with van der Waals surface area (Å²) in [7, 11) is -3.21. The fourth-order valence-corrected chi connectivity index (χ4v) is 1.66. The van der Waals surface area contributed by atoms with Gasteiger partial charge in [0.1, 0.15) is 15.7 Å². The van der Waals surface area contributed by atoms with Crippen molar-refractivity contribution in [3.63, 3.8) is 0 Å². The summed E-state index contributed by atoms with van der Waals surface area (Å²) in [6.07, 6.45) is 0.835. The molecule has 0 aliphatic carbocycles. The van der Waals surface area contributed by atoms with Crippen molar-refractivity contribution in [2.75, 3.05) is 17.3 Å². The Balaban J connectivity index is 2.65. The van der Waals surface area contributed by atoms with Crippen LogP contribution in [0.5, 0.6) is 0 Å². The lowest BCUT2D eigenvalue weighted by atomic mass is 10.3. The second-order valence-electron chi connectivity index (χ2n) is 3.64. The molecule has 8 heteroatoms. The fourth-order valence-electron chi connectivity index (χ4n) is 1.11. The Morgan fingerprint density at radius 3 is 2.61 bits per heavy atom. The highest BCUT2D eigenvalue weighted by Gasteiger charge is 2.10. The molecule has 0 atom stereocenters. The number of carbonyl (C=O) groups excluding carboxylic acids is 1. The quantitative estimate of drug-likeness (QED) is 0.789. The predicted octanol–water partition coefficient (Wildman–Crippen LogP) is 0.153. The zero-order valence-corrected chi connectivity index (χ0v) is 10.4. The number of nitrogens with zero attached hydrogens (tertiary/aromatic N) is 1. The number of nitrogens with one attached hydrogen (secondary N) is 1. The number of carboxylic acids is 1. The van der Waals surface area contributed by atoms with E-state index in [0.717, 1.165) is 6.26 Å². The molecule has 0 saturated heterocycles. The highest BCUT2D eigenvalue weighted by molar-refractivity contribution is 7.90. The van der Waals surface area contributed by atoms with Gasteiger partial charge in [0, 0.05) is 12.7 Å². The van der Waals surface area contributed by atoms with Crippen molar-refractivity contribution in [1.29, 1.82) is 0 Å². The van der Waals surface area contributed by atoms with Gasteiger partial charge in [0.25, 0.3) is 0 Å². The van der Waals surface area contributed by atoms with Gasteiger partial charge in [0.2, 0.25) is 5.91 Å². The van der Waals surface area contributed by atoms with Gasteiger partial charge < -0.3 is 10.4 Å². The fraction of sp³-hybridized carbons (Fsp3) is 0.300. The van der Waals surface area contributed by atoms with E-state index in [1.54, 1.807) is 0 Å². The average Bonchev–Trinajstić information content (AvgIpc) is 2.26. The van der Waals surface area contributed by atoms with Crippen molar-refractivity contribution in [2.24, 2.45) is 0 Å². The molecule has 1 heterocycles. The van der Waals surface area contributed by atoms with E-state index < -0.39 is 21.7 Å². The largest absolute Gasteiger partial charge is 0.477 e. The van der Waals surface area contributed by atoms with E-state index in [4.69, 9.17) is 5.11 Å². The molecule has 0 bridgehead atoms. The Hall–Kier alpha value is -1.96. The molecule has 0 aliphatic rings. The minimum absolute atomic E-state index is 0.0772. The van der Waals surface area contributed by atoms with Gasteiger partial charge in [-0.2, -0.15) is 0 Å². The molecule has 98 valence electrons. The summed E-state index contributed by atoms with van der Waals surface area (Å²) in [4.78, 5) is 25.7. The van der Waals surface area contributed by atoms with E-state index in [2.05, 4.69) is 10.3 Å². The van der Waals surface area contributed by atoms with Gasteiger partial charge in [-0.3, -0.25) is 4.79 Å². The van der Waals surface area contributed by atoms with Crippen molar-refractivity contribution in [3.05, 3.63) is 23.9 Å². The third-order valence-corrected chi connectivity index (χ3v) is 2.88. The lowest BCUT2D eigenvalue weighted by Crippen LogP contribution is -2.17. The molecule has 1 aromatic heterocycles. The number of hydrogen-bond donors (Lipinski definition) is 2. The standard InChI is InChI=1S/C10H12N2O5S/c1-18(16,17)6-5-9(13)12-8-4-2-3-7(11-8)10(14)15/h2-4H,5-6H2,1H3,(H,14,15)(H,11,12,13). The molecular weight excluding hydrogens is 260 g/mol. The molecule has 0 aliphatic heterocycles. The van der Waals surface area contributed by atoms with Crippen LogP contribution >= 0.6 is 0 Å². The van der Waals surface area contributed by atoms with E-state index in [9.17, 15) is 18.0 Å². The smallest absolute Gasteiger partial charge is 0.354 e. The molecule has 0 saturated carbocycles. The summed E-state index contributed by atoms with van der Waals surface area (Å²) in [5, 5.41) is 11.0. The van der Waals surface area contributed by atoms with Crippen LogP contribution in [0.1, 0.15) is 16.9 Å². The number of anilines is 1. The monoisotopic (exact) mass is 272 g/mol. The molecule has 0 spiro atoms. The van der Waals surface area contributed by atoms with Crippen LogP contribution in [0, 0.1) is 0 Å². The Labute approximate surface area is 104 Å². The Bertz CT molecular complexity index is 567. The predicted molar refractivity (Wildman–Crippen MR) is 64.2 cm³/mol. The minimum Gasteiger partial charge on any atom is -0.477 e. The number of hydrogen-bond acceptors (Lipinski definition) is 5. The summed E-state index contributed by atoms with van der Waals surface area (Å²) in [5.41, 5.74) is -0.198. The van der Waals surface area contributed by atoms with E-state index >= 15 is 0 Å². The maximum atomic E-state index is 11.4. The second-order valence-corrected chi connectivity index (χ2v) is 5.90. The molecule has 0 radical (unpaired) electrons. The number of aromatic nitrogens is 1. The first-order valence-electron chi connectivity index (χ1n) is 4.96. The third-order valence-electron chi connectivity index (χ3n) is 1.94. The number of rotatable bonds is 5. The average molecular weight is 272 g/mol. The van der Waals surface area contributed by atoms with Crippen LogP contribution in [0.25, 0.3) is 0 Å². The molecule has 2 N–H and O–H groups in total. The summed E-state index contributed by atoms with van der Waals surface area (Å²) in [6, 6.07) is 4.14. The van der Waals surface area contributed by atoms with Gasteiger partial charge in [0.05, 0.1) is 5.75 Å². The van der Waals surface area contributed by atoms with Gasteiger partial charge in [-0.05, 0) is 12.1 Å². The minimum atomic E-state index is -3.21. The van der Waals surface area contributed by atoms with Crippen LogP contribution in [-0.4, -0.2) is 42.4 Å². The van der Waals surface area contributed by atoms with E-state index in [1.165, 1.54) is 18.2 Å². The topological polar surface area (TPSA) is 113 Å². The molecule has 1 amide bonds. The van der Waals surface area contributed by atoms with Gasteiger partial charge in [-0.25, -0.2) is 18.2 Å². The molecule has 18 heavy (non-hydrogen) atoms. The molecule has 1 aromatic rings. The summed E-state index contributed by atoms with van der Waals surface area (Å²) < 4.78 is 21.7. The van der Waals surface area contributed by atoms with Crippen LogP contribution < -0.4 is 5.32 Å². The molecule has 1 rings (SSSR count). The van der Waals surface area contributed by atoms with Crippen molar-refractivity contribution < 1.29 is 23.1 Å². The van der Waals surface area contributed by atoms with Crippen LogP contribution in [0.4, 0.5) is 5.82 Å². The van der Waals surface area contributed by atoms with Crippen LogP contribution in [0.15, 0.2) is 18.2 Å². The summed E-state index contributed by atoms with van der Waals surface area (Å²) in [5.74, 6) is -1.93. The molecule has 7 nitrogen and oxygen atoms in total. The van der Waals surface area contributed by atoms with Crippen LogP contribution in [-0.2, 0) is 14.6 Å². The second kappa shape index (κ2) is 5.58. The zero-order chi connectivity index (χ0) is 13.8. The Morgan fingerprint density at radius 1 is 1.39 bits per heavy atom. The molecule has 0 fully saturated rings. The lowest BCUT2D eigenvalue weighted by molar-refractivity contribution is -0.115. The van der Waals surface area contributed by atoms with E-state index in [1.807, 2.05) is 0 Å². The number of carboxylic acid groups (broad SMARTS) is 1. The van der Waals surface area contributed by atoms with Gasteiger partial charge >= 0.3 is 5.97 Å². The molecule has 0 unspecified atom stereocenters. The van der Waals surface area contributed by atoms with Crippen molar-refractivity contribution in [3.8, 4) is 0 Å². The van der Waals surface area contributed by atoms with Crippen molar-refractivity contribution in [2.45, 2.75) is 6.42 Å². The Morgan fingerprint density at radius 2 is 2.06 bits per heavy atom. The first-order valence-corrected chi connectivity index (χ1v) is 7.02.